The van der Waals surface area contributed by atoms with E-state index in [0.29, 0.717) is 24.3 Å². The van der Waals surface area contributed by atoms with Gasteiger partial charge in [-0.05, 0) is 31.6 Å². The molecule has 0 aliphatic heterocycles. The van der Waals surface area contributed by atoms with Crippen LogP contribution in [-0.2, 0) is 0 Å². The molecule has 0 bridgehead atoms. The Balaban J connectivity index is 1.85. The molecule has 2 aliphatic rings. The molecule has 0 aromatic carbocycles. The largest absolute Gasteiger partial charge is 0.359 e. The van der Waals surface area contributed by atoms with Crippen LogP contribution in [0.15, 0.2) is 17.2 Å². The minimum Gasteiger partial charge on any atom is -0.359 e. The topological polar surface area (TPSA) is 72.9 Å². The van der Waals surface area contributed by atoms with E-state index in [9.17, 15) is 4.79 Å². The highest BCUT2D eigenvalue weighted by molar-refractivity contribution is 5.36. The van der Waals surface area contributed by atoms with Crippen molar-refractivity contribution < 1.29 is 0 Å². The zero-order chi connectivity index (χ0) is 14.2. The highest BCUT2D eigenvalue weighted by Gasteiger charge is 2.35. The summed E-state index contributed by atoms with van der Waals surface area (Å²) < 4.78 is 1.81. The third-order valence-electron chi connectivity index (χ3n) is 4.67. The quantitative estimate of drug-likeness (QED) is 0.881. The predicted octanol–water partition coefficient (Wildman–Crippen LogP) is 1.90. The van der Waals surface area contributed by atoms with Gasteiger partial charge in [-0.15, -0.1) is 0 Å². The molecule has 3 N–H and O–H groups in total. The fraction of sp³-hybridized carbons (Fsp3) is 0.733. The molecular weight excluding hydrogens is 252 g/mol. The summed E-state index contributed by atoms with van der Waals surface area (Å²) in [6, 6.07) is 0.380. The molecule has 0 spiro atoms. The maximum absolute atomic E-state index is 12.5. The molecule has 2 unspecified atom stereocenters. The van der Waals surface area contributed by atoms with E-state index in [1.54, 1.807) is 12.4 Å². The van der Waals surface area contributed by atoms with Crippen LogP contribution in [0.4, 0.5) is 5.82 Å². The minimum absolute atomic E-state index is 0.000974. The third kappa shape index (κ3) is 2.59. The van der Waals surface area contributed by atoms with Crippen molar-refractivity contribution in [2.24, 2.45) is 11.7 Å². The van der Waals surface area contributed by atoms with Gasteiger partial charge in [0.05, 0.1) is 5.54 Å². The summed E-state index contributed by atoms with van der Waals surface area (Å²) in [5.74, 6) is 1.12. The number of nitrogens with one attached hydrogen (secondary N) is 1. The molecule has 2 fully saturated rings. The van der Waals surface area contributed by atoms with Gasteiger partial charge in [-0.25, -0.2) is 4.98 Å². The number of hydrogen-bond acceptors (Lipinski definition) is 4. The van der Waals surface area contributed by atoms with Crippen molar-refractivity contribution >= 4 is 5.82 Å². The number of nitrogens with zero attached hydrogens (tertiary/aromatic N) is 2. The van der Waals surface area contributed by atoms with Crippen molar-refractivity contribution in [3.63, 3.8) is 0 Å². The number of nitrogens with two attached hydrogens (primary N) is 1. The van der Waals surface area contributed by atoms with Gasteiger partial charge in [-0.3, -0.25) is 4.79 Å². The third-order valence-corrected chi connectivity index (χ3v) is 4.67. The van der Waals surface area contributed by atoms with Gasteiger partial charge in [-0.1, -0.05) is 19.8 Å². The first-order chi connectivity index (χ1) is 9.63. The molecule has 0 radical (unpaired) electrons. The van der Waals surface area contributed by atoms with Crippen molar-refractivity contribution in [1.82, 2.24) is 9.55 Å². The summed E-state index contributed by atoms with van der Waals surface area (Å²) in [6.45, 7) is 2.81. The van der Waals surface area contributed by atoms with E-state index >= 15 is 0 Å². The number of aromatic nitrogens is 2. The van der Waals surface area contributed by atoms with Crippen molar-refractivity contribution in [3.8, 4) is 0 Å². The fourth-order valence-corrected chi connectivity index (χ4v) is 3.41. The summed E-state index contributed by atoms with van der Waals surface area (Å²) in [4.78, 5) is 16.7. The van der Waals surface area contributed by atoms with Gasteiger partial charge < -0.3 is 15.6 Å². The van der Waals surface area contributed by atoms with Crippen LogP contribution in [0.2, 0.25) is 0 Å². The lowest BCUT2D eigenvalue weighted by Crippen LogP contribution is -2.50. The highest BCUT2D eigenvalue weighted by Crippen LogP contribution is 2.35. The lowest BCUT2D eigenvalue weighted by molar-refractivity contribution is 0.263. The second kappa shape index (κ2) is 5.20. The van der Waals surface area contributed by atoms with Crippen LogP contribution in [-0.4, -0.2) is 21.6 Å². The standard InChI is InChI=1S/C15H24N4O/c1-11-3-2-6-15(9-11,10-16)18-13-14(20)19(8-7-17-13)12-4-5-12/h7-8,11-12H,2-6,9-10,16H2,1H3,(H,17,18). The Labute approximate surface area is 119 Å². The first kappa shape index (κ1) is 13.6. The molecule has 5 heteroatoms. The summed E-state index contributed by atoms with van der Waals surface area (Å²) >= 11 is 0. The molecular formula is C15H24N4O. The number of rotatable bonds is 4. The summed E-state index contributed by atoms with van der Waals surface area (Å²) in [6.07, 6.45) is 10.2. The van der Waals surface area contributed by atoms with Gasteiger partial charge in [0, 0.05) is 25.0 Å². The second-order valence-corrected chi connectivity index (χ2v) is 6.53. The zero-order valence-electron chi connectivity index (χ0n) is 12.1. The molecule has 1 aromatic heterocycles. The Bertz CT molecular complexity index is 537. The predicted molar refractivity (Wildman–Crippen MR) is 79.8 cm³/mol. The molecule has 3 rings (SSSR count). The van der Waals surface area contributed by atoms with Gasteiger partial charge in [0.1, 0.15) is 0 Å². The Morgan fingerprint density at radius 1 is 1.50 bits per heavy atom. The van der Waals surface area contributed by atoms with Crippen LogP contribution in [0.5, 0.6) is 0 Å². The second-order valence-electron chi connectivity index (χ2n) is 6.53. The van der Waals surface area contributed by atoms with Gasteiger partial charge in [0.15, 0.2) is 5.82 Å². The van der Waals surface area contributed by atoms with Crippen LogP contribution in [0, 0.1) is 5.92 Å². The van der Waals surface area contributed by atoms with Gasteiger partial charge in [0.2, 0.25) is 0 Å². The molecule has 2 saturated carbocycles. The van der Waals surface area contributed by atoms with Crippen molar-refractivity contribution in [2.75, 3.05) is 11.9 Å². The van der Waals surface area contributed by atoms with E-state index in [1.165, 1.54) is 6.42 Å². The average molecular weight is 276 g/mol. The van der Waals surface area contributed by atoms with E-state index in [1.807, 2.05) is 4.57 Å². The molecule has 20 heavy (non-hydrogen) atoms. The van der Waals surface area contributed by atoms with Gasteiger partial charge in [0.25, 0.3) is 5.56 Å². The molecule has 2 aliphatic carbocycles. The van der Waals surface area contributed by atoms with Crippen molar-refractivity contribution in [2.45, 2.75) is 57.0 Å². The zero-order valence-corrected chi connectivity index (χ0v) is 12.1. The Hall–Kier alpha value is -1.36. The molecule has 0 amide bonds. The number of hydrogen-bond donors (Lipinski definition) is 2. The van der Waals surface area contributed by atoms with E-state index in [0.717, 1.165) is 32.1 Å². The van der Waals surface area contributed by atoms with Crippen LogP contribution >= 0.6 is 0 Å². The van der Waals surface area contributed by atoms with Crippen LogP contribution in [0.25, 0.3) is 0 Å². The van der Waals surface area contributed by atoms with Crippen LogP contribution in [0.1, 0.15) is 51.5 Å². The Morgan fingerprint density at radius 2 is 2.30 bits per heavy atom. The SMILES string of the molecule is CC1CCCC(CN)(Nc2nccn(C3CC3)c2=O)C1. The van der Waals surface area contributed by atoms with E-state index in [4.69, 9.17) is 5.73 Å². The Morgan fingerprint density at radius 3 is 2.95 bits per heavy atom. The maximum atomic E-state index is 12.5. The summed E-state index contributed by atoms with van der Waals surface area (Å²) in [5, 5.41) is 3.40. The first-order valence-corrected chi connectivity index (χ1v) is 7.69. The van der Waals surface area contributed by atoms with Crippen LogP contribution < -0.4 is 16.6 Å². The summed E-state index contributed by atoms with van der Waals surface area (Å²) in [5.41, 5.74) is 5.85. The molecule has 1 heterocycles. The van der Waals surface area contributed by atoms with E-state index in [2.05, 4.69) is 17.2 Å². The fourth-order valence-electron chi connectivity index (χ4n) is 3.41. The molecule has 1 aromatic rings. The smallest absolute Gasteiger partial charge is 0.293 e. The monoisotopic (exact) mass is 276 g/mol. The molecule has 5 nitrogen and oxygen atoms in total. The average Bonchev–Trinajstić information content (AvgIpc) is 3.26. The van der Waals surface area contributed by atoms with E-state index in [-0.39, 0.29) is 11.1 Å². The lowest BCUT2D eigenvalue weighted by Gasteiger charge is -2.40. The molecule has 0 saturated heterocycles. The van der Waals surface area contributed by atoms with Gasteiger partial charge >= 0.3 is 0 Å². The van der Waals surface area contributed by atoms with Crippen LogP contribution in [0.3, 0.4) is 0 Å². The summed E-state index contributed by atoms with van der Waals surface area (Å²) in [7, 11) is 0. The minimum atomic E-state index is -0.160. The maximum Gasteiger partial charge on any atom is 0.293 e. The lowest BCUT2D eigenvalue weighted by atomic mass is 9.76. The number of anilines is 1. The van der Waals surface area contributed by atoms with Gasteiger partial charge in [-0.2, -0.15) is 0 Å². The van der Waals surface area contributed by atoms with E-state index < -0.39 is 0 Å². The first-order valence-electron chi connectivity index (χ1n) is 7.69. The highest BCUT2D eigenvalue weighted by atomic mass is 16.1. The molecule has 2 atom stereocenters. The normalized spacial score (nSPS) is 30.2. The molecule has 110 valence electrons. The van der Waals surface area contributed by atoms with Crippen molar-refractivity contribution in [1.29, 1.82) is 0 Å². The Kier molecular flexibility index (Phi) is 3.54. The van der Waals surface area contributed by atoms with Crippen molar-refractivity contribution in [3.05, 3.63) is 22.7 Å².